The normalized spacial score (nSPS) is 15.4. The van der Waals surface area contributed by atoms with E-state index in [0.29, 0.717) is 30.7 Å². The van der Waals surface area contributed by atoms with Crippen molar-refractivity contribution in [1.29, 1.82) is 0 Å². The number of benzene rings is 1. The highest BCUT2D eigenvalue weighted by Crippen LogP contribution is 2.29. The number of nitrogens with one attached hydrogen (secondary N) is 1. The maximum Gasteiger partial charge on any atom is 0.273 e. The fraction of sp³-hybridized carbons (Fsp3) is 0.474. The Morgan fingerprint density at radius 3 is 2.92 bits per heavy atom. The first-order chi connectivity index (χ1) is 12.0. The Labute approximate surface area is 147 Å². The fourth-order valence-electron chi connectivity index (χ4n) is 2.68. The molecule has 2 aromatic rings. The van der Waals surface area contributed by atoms with Gasteiger partial charge in [0.1, 0.15) is 12.1 Å². The summed E-state index contributed by atoms with van der Waals surface area (Å²) in [4.78, 5) is 18.6. The number of rotatable bonds is 8. The maximum absolute atomic E-state index is 13.4. The quantitative estimate of drug-likeness (QED) is 0.795. The van der Waals surface area contributed by atoms with Crippen LogP contribution in [0.3, 0.4) is 0 Å². The maximum atomic E-state index is 13.4. The highest BCUT2D eigenvalue weighted by atomic mass is 19.1. The van der Waals surface area contributed by atoms with Crippen LogP contribution in [0, 0.1) is 5.82 Å². The van der Waals surface area contributed by atoms with Crippen LogP contribution in [-0.4, -0.2) is 27.9 Å². The lowest BCUT2D eigenvalue weighted by atomic mass is 10.2. The van der Waals surface area contributed by atoms with Crippen LogP contribution >= 0.6 is 0 Å². The summed E-state index contributed by atoms with van der Waals surface area (Å²) in [6.07, 6.45) is 4.51. The van der Waals surface area contributed by atoms with Gasteiger partial charge in [-0.05, 0) is 43.9 Å². The van der Waals surface area contributed by atoms with Crippen LogP contribution in [0.5, 0.6) is 0 Å². The summed E-state index contributed by atoms with van der Waals surface area (Å²) in [5, 5.41) is 2.88. The predicted molar refractivity (Wildman–Crippen MR) is 92.4 cm³/mol. The smallest absolute Gasteiger partial charge is 0.273 e. The monoisotopic (exact) mass is 345 g/mol. The topological polar surface area (TPSA) is 58.4 Å². The summed E-state index contributed by atoms with van der Waals surface area (Å²) in [6, 6.07) is 7.20. The van der Waals surface area contributed by atoms with E-state index in [9.17, 15) is 9.18 Å². The van der Waals surface area contributed by atoms with Gasteiger partial charge in [0.25, 0.3) is 5.91 Å². The van der Waals surface area contributed by atoms with E-state index in [1.165, 1.54) is 12.3 Å². The fourth-order valence-corrected chi connectivity index (χ4v) is 2.68. The first-order valence-corrected chi connectivity index (χ1v) is 8.79. The number of halogens is 1. The molecule has 1 fully saturated rings. The van der Waals surface area contributed by atoms with Crippen LogP contribution in [0.15, 0.2) is 34.9 Å². The molecule has 0 spiro atoms. The largest absolute Gasteiger partial charge is 0.447 e. The summed E-state index contributed by atoms with van der Waals surface area (Å²) in [5.74, 6) is 0.0680. The number of oxazole rings is 1. The van der Waals surface area contributed by atoms with Gasteiger partial charge in [-0.1, -0.05) is 19.1 Å². The van der Waals surface area contributed by atoms with Crippen molar-refractivity contribution in [3.05, 3.63) is 53.5 Å². The third-order valence-electron chi connectivity index (χ3n) is 4.45. The molecule has 0 radical (unpaired) electrons. The third-order valence-corrected chi connectivity index (χ3v) is 4.45. The second-order valence-electron chi connectivity index (χ2n) is 6.68. The molecule has 1 aromatic carbocycles. The van der Waals surface area contributed by atoms with Crippen LogP contribution in [-0.2, 0) is 13.1 Å². The van der Waals surface area contributed by atoms with Crippen LogP contribution in [0.2, 0.25) is 0 Å². The Morgan fingerprint density at radius 1 is 1.44 bits per heavy atom. The molecule has 6 heteroatoms. The number of carbonyl (C=O) groups excluding carboxylic acids is 1. The van der Waals surface area contributed by atoms with Crippen molar-refractivity contribution < 1.29 is 13.6 Å². The number of hydrogen-bond acceptors (Lipinski definition) is 4. The van der Waals surface area contributed by atoms with E-state index in [1.807, 2.05) is 19.9 Å². The molecule has 1 aromatic heterocycles. The van der Waals surface area contributed by atoms with E-state index >= 15 is 0 Å². The second kappa shape index (κ2) is 7.78. The van der Waals surface area contributed by atoms with Gasteiger partial charge in [0.15, 0.2) is 5.69 Å². The first kappa shape index (κ1) is 17.6. The third kappa shape index (κ3) is 4.89. The molecule has 1 atom stereocenters. The average molecular weight is 345 g/mol. The first-order valence-electron chi connectivity index (χ1n) is 8.79. The van der Waals surface area contributed by atoms with Gasteiger partial charge >= 0.3 is 0 Å². The SMILES string of the molecule is CCC(C)NC(=O)c1coc(CN(Cc2cccc(F)c2)C2CC2)n1. The number of nitrogens with zero attached hydrogens (tertiary/aromatic N) is 2. The molecule has 134 valence electrons. The average Bonchev–Trinajstić information content (AvgIpc) is 3.33. The zero-order chi connectivity index (χ0) is 17.8. The molecule has 1 heterocycles. The summed E-state index contributed by atoms with van der Waals surface area (Å²) >= 11 is 0. The molecular formula is C19H24FN3O2. The van der Waals surface area contributed by atoms with Gasteiger partial charge in [0.05, 0.1) is 6.54 Å². The van der Waals surface area contributed by atoms with Crippen molar-refractivity contribution in [2.45, 2.75) is 58.3 Å². The van der Waals surface area contributed by atoms with Crippen molar-refractivity contribution in [1.82, 2.24) is 15.2 Å². The van der Waals surface area contributed by atoms with Gasteiger partial charge in [-0.15, -0.1) is 0 Å². The Morgan fingerprint density at radius 2 is 2.24 bits per heavy atom. The lowest BCUT2D eigenvalue weighted by Gasteiger charge is -2.20. The van der Waals surface area contributed by atoms with Crippen molar-refractivity contribution in [3.63, 3.8) is 0 Å². The highest BCUT2D eigenvalue weighted by molar-refractivity contribution is 5.92. The predicted octanol–water partition coefficient (Wildman–Crippen LogP) is 3.51. The molecule has 25 heavy (non-hydrogen) atoms. The van der Waals surface area contributed by atoms with Crippen molar-refractivity contribution in [2.24, 2.45) is 0 Å². The van der Waals surface area contributed by atoms with E-state index in [1.54, 1.807) is 12.1 Å². The van der Waals surface area contributed by atoms with Crippen LogP contribution in [0.25, 0.3) is 0 Å². The molecule has 1 amide bonds. The van der Waals surface area contributed by atoms with Gasteiger partial charge < -0.3 is 9.73 Å². The number of amides is 1. The van der Waals surface area contributed by atoms with Gasteiger partial charge in [0.2, 0.25) is 5.89 Å². The molecule has 0 saturated heterocycles. The lowest BCUT2D eigenvalue weighted by molar-refractivity contribution is 0.0934. The van der Waals surface area contributed by atoms with E-state index in [4.69, 9.17) is 4.42 Å². The highest BCUT2D eigenvalue weighted by Gasteiger charge is 2.30. The Hall–Kier alpha value is -2.21. The molecular weight excluding hydrogens is 321 g/mol. The number of carbonyl (C=O) groups is 1. The molecule has 0 bridgehead atoms. The minimum atomic E-state index is -0.228. The lowest BCUT2D eigenvalue weighted by Crippen LogP contribution is -2.32. The zero-order valence-electron chi connectivity index (χ0n) is 14.7. The Bertz CT molecular complexity index is 727. The number of aromatic nitrogens is 1. The Balaban J connectivity index is 1.64. The second-order valence-corrected chi connectivity index (χ2v) is 6.68. The van der Waals surface area contributed by atoms with Gasteiger partial charge in [0, 0.05) is 18.6 Å². The van der Waals surface area contributed by atoms with Gasteiger partial charge in [-0.2, -0.15) is 0 Å². The summed E-state index contributed by atoms with van der Waals surface area (Å²) in [6.45, 7) is 5.11. The van der Waals surface area contributed by atoms with Crippen molar-refractivity contribution in [3.8, 4) is 0 Å². The van der Waals surface area contributed by atoms with Crippen LogP contribution in [0.1, 0.15) is 55.1 Å². The van der Waals surface area contributed by atoms with Gasteiger partial charge in [-0.25, -0.2) is 9.37 Å². The van der Waals surface area contributed by atoms with Gasteiger partial charge in [-0.3, -0.25) is 9.69 Å². The molecule has 0 aliphatic heterocycles. The summed E-state index contributed by atoms with van der Waals surface area (Å²) < 4.78 is 18.9. The standard InChI is InChI=1S/C19H24FN3O2/c1-3-13(2)21-19(24)17-12-25-18(22-17)11-23(16-7-8-16)10-14-5-4-6-15(20)9-14/h4-6,9,12-13,16H,3,7-8,10-11H2,1-2H3,(H,21,24). The van der Waals surface area contributed by atoms with Crippen LogP contribution < -0.4 is 5.32 Å². The number of hydrogen-bond donors (Lipinski definition) is 1. The zero-order valence-corrected chi connectivity index (χ0v) is 14.7. The minimum Gasteiger partial charge on any atom is -0.447 e. The molecule has 1 aliphatic rings. The Kier molecular flexibility index (Phi) is 5.48. The molecule has 1 saturated carbocycles. The molecule has 5 nitrogen and oxygen atoms in total. The summed E-state index contributed by atoms with van der Waals surface area (Å²) in [7, 11) is 0. The molecule has 1 N–H and O–H groups in total. The molecule has 3 rings (SSSR count). The minimum absolute atomic E-state index is 0.101. The van der Waals surface area contributed by atoms with Crippen LogP contribution in [0.4, 0.5) is 4.39 Å². The van der Waals surface area contributed by atoms with E-state index in [2.05, 4.69) is 15.2 Å². The summed E-state index contributed by atoms with van der Waals surface area (Å²) in [5.41, 5.74) is 1.23. The van der Waals surface area contributed by atoms with Crippen molar-refractivity contribution >= 4 is 5.91 Å². The van der Waals surface area contributed by atoms with Crippen molar-refractivity contribution in [2.75, 3.05) is 0 Å². The molecule has 1 unspecified atom stereocenters. The van der Waals surface area contributed by atoms with E-state index in [-0.39, 0.29) is 17.8 Å². The van der Waals surface area contributed by atoms with E-state index in [0.717, 1.165) is 24.8 Å². The van der Waals surface area contributed by atoms with E-state index < -0.39 is 0 Å². The molecule has 1 aliphatic carbocycles.